The predicted octanol–water partition coefficient (Wildman–Crippen LogP) is 4.45. The summed E-state index contributed by atoms with van der Waals surface area (Å²) in [5.41, 5.74) is 2.89. The number of alkyl halides is 2. The SMILES string of the molecule is FC(F)NCc1ccc(-c2ccccc2)cc1OCC1CC1. The van der Waals surface area contributed by atoms with Crippen LogP contribution in [0.25, 0.3) is 11.1 Å². The second-order valence-corrected chi connectivity index (χ2v) is 5.62. The number of rotatable bonds is 7. The molecule has 0 amide bonds. The lowest BCUT2D eigenvalue weighted by Gasteiger charge is -2.14. The molecule has 1 saturated carbocycles. The van der Waals surface area contributed by atoms with Crippen LogP contribution in [0.4, 0.5) is 8.78 Å². The van der Waals surface area contributed by atoms with E-state index in [4.69, 9.17) is 4.74 Å². The Bertz CT molecular complexity index is 612. The van der Waals surface area contributed by atoms with Crippen LogP contribution in [-0.2, 0) is 6.54 Å². The summed E-state index contributed by atoms with van der Waals surface area (Å²) in [5.74, 6) is 1.32. The van der Waals surface area contributed by atoms with Crippen LogP contribution < -0.4 is 10.1 Å². The first-order valence-corrected chi connectivity index (χ1v) is 7.55. The third-order valence-corrected chi connectivity index (χ3v) is 3.79. The minimum Gasteiger partial charge on any atom is -0.493 e. The quantitative estimate of drug-likeness (QED) is 0.763. The van der Waals surface area contributed by atoms with Gasteiger partial charge in [0.25, 0.3) is 6.55 Å². The van der Waals surface area contributed by atoms with Crippen molar-refractivity contribution in [3.63, 3.8) is 0 Å². The number of halogens is 2. The van der Waals surface area contributed by atoms with Gasteiger partial charge in [0.15, 0.2) is 0 Å². The molecule has 0 atom stereocenters. The van der Waals surface area contributed by atoms with E-state index in [1.54, 1.807) is 0 Å². The van der Waals surface area contributed by atoms with Gasteiger partial charge in [0.1, 0.15) is 5.75 Å². The first-order valence-electron chi connectivity index (χ1n) is 7.55. The molecule has 0 bridgehead atoms. The van der Waals surface area contributed by atoms with Crippen molar-refractivity contribution in [3.05, 3.63) is 54.1 Å². The van der Waals surface area contributed by atoms with Crippen molar-refractivity contribution < 1.29 is 13.5 Å². The summed E-state index contributed by atoms with van der Waals surface area (Å²) in [7, 11) is 0. The van der Waals surface area contributed by atoms with Crippen LogP contribution in [0.3, 0.4) is 0 Å². The highest BCUT2D eigenvalue weighted by atomic mass is 19.3. The Kier molecular flexibility index (Phi) is 4.68. The molecule has 0 saturated heterocycles. The molecule has 2 aromatic carbocycles. The van der Waals surface area contributed by atoms with Crippen LogP contribution in [-0.4, -0.2) is 13.2 Å². The maximum atomic E-state index is 12.4. The molecule has 1 aliphatic carbocycles. The molecular formula is C18H19F2NO. The minimum atomic E-state index is -2.52. The summed E-state index contributed by atoms with van der Waals surface area (Å²) in [6, 6.07) is 15.7. The van der Waals surface area contributed by atoms with Crippen LogP contribution >= 0.6 is 0 Å². The van der Waals surface area contributed by atoms with Crippen molar-refractivity contribution in [1.29, 1.82) is 0 Å². The zero-order chi connectivity index (χ0) is 15.4. The molecule has 4 heteroatoms. The largest absolute Gasteiger partial charge is 0.493 e. The molecule has 1 aliphatic rings. The van der Waals surface area contributed by atoms with Crippen LogP contribution in [0.1, 0.15) is 18.4 Å². The highest BCUT2D eigenvalue weighted by Gasteiger charge is 2.22. The predicted molar refractivity (Wildman–Crippen MR) is 82.9 cm³/mol. The van der Waals surface area contributed by atoms with Gasteiger partial charge < -0.3 is 4.74 Å². The first kappa shape index (κ1) is 15.0. The zero-order valence-electron chi connectivity index (χ0n) is 12.3. The Balaban J connectivity index is 1.82. The molecule has 116 valence electrons. The van der Waals surface area contributed by atoms with Gasteiger partial charge in [0.2, 0.25) is 0 Å². The lowest BCUT2D eigenvalue weighted by molar-refractivity contribution is 0.105. The molecule has 22 heavy (non-hydrogen) atoms. The lowest BCUT2D eigenvalue weighted by atomic mass is 10.0. The third kappa shape index (κ3) is 4.04. The Hall–Kier alpha value is -1.94. The van der Waals surface area contributed by atoms with Crippen LogP contribution in [0, 0.1) is 5.92 Å². The molecule has 0 radical (unpaired) electrons. The first-order chi connectivity index (χ1) is 10.7. The molecular weight excluding hydrogens is 284 g/mol. The van der Waals surface area contributed by atoms with E-state index in [2.05, 4.69) is 5.32 Å². The average molecular weight is 303 g/mol. The second-order valence-electron chi connectivity index (χ2n) is 5.62. The van der Waals surface area contributed by atoms with E-state index in [0.717, 1.165) is 16.7 Å². The van der Waals surface area contributed by atoms with E-state index in [9.17, 15) is 8.78 Å². The smallest absolute Gasteiger partial charge is 0.292 e. The minimum absolute atomic E-state index is 0.104. The summed E-state index contributed by atoms with van der Waals surface area (Å²) in [6.07, 6.45) is 2.39. The van der Waals surface area contributed by atoms with E-state index in [0.29, 0.717) is 18.3 Å². The number of hydrogen-bond donors (Lipinski definition) is 1. The second kappa shape index (κ2) is 6.88. The molecule has 3 rings (SSSR count). The van der Waals surface area contributed by atoms with E-state index in [-0.39, 0.29) is 6.54 Å². The topological polar surface area (TPSA) is 21.3 Å². The van der Waals surface area contributed by atoms with Crippen molar-refractivity contribution in [2.75, 3.05) is 6.61 Å². The maximum Gasteiger partial charge on any atom is 0.292 e. The molecule has 0 heterocycles. The highest BCUT2D eigenvalue weighted by molar-refractivity contribution is 5.66. The van der Waals surface area contributed by atoms with Gasteiger partial charge in [-0.15, -0.1) is 0 Å². The van der Waals surface area contributed by atoms with Gasteiger partial charge in [0.05, 0.1) is 6.61 Å². The van der Waals surface area contributed by atoms with Crippen LogP contribution in [0.5, 0.6) is 5.75 Å². The molecule has 1 fully saturated rings. The van der Waals surface area contributed by atoms with Crippen molar-refractivity contribution in [2.45, 2.75) is 25.9 Å². The van der Waals surface area contributed by atoms with Gasteiger partial charge >= 0.3 is 0 Å². The Morgan fingerprint density at radius 3 is 2.50 bits per heavy atom. The highest BCUT2D eigenvalue weighted by Crippen LogP contribution is 2.32. The zero-order valence-corrected chi connectivity index (χ0v) is 12.3. The Morgan fingerprint density at radius 1 is 1.05 bits per heavy atom. The Morgan fingerprint density at radius 2 is 1.82 bits per heavy atom. The van der Waals surface area contributed by atoms with Gasteiger partial charge in [-0.2, -0.15) is 8.78 Å². The van der Waals surface area contributed by atoms with Gasteiger partial charge in [0, 0.05) is 12.1 Å². The summed E-state index contributed by atoms with van der Waals surface area (Å²) in [5, 5.41) is 2.15. The lowest BCUT2D eigenvalue weighted by Crippen LogP contribution is -2.20. The molecule has 2 aromatic rings. The van der Waals surface area contributed by atoms with Gasteiger partial charge in [-0.3, -0.25) is 5.32 Å². The summed E-state index contributed by atoms with van der Waals surface area (Å²) in [6.45, 7) is -1.75. The number of nitrogens with one attached hydrogen (secondary N) is 1. The van der Waals surface area contributed by atoms with Crippen molar-refractivity contribution in [3.8, 4) is 16.9 Å². The third-order valence-electron chi connectivity index (χ3n) is 3.79. The van der Waals surface area contributed by atoms with E-state index >= 15 is 0 Å². The van der Waals surface area contributed by atoms with E-state index < -0.39 is 6.55 Å². The Labute approximate surface area is 129 Å². The monoisotopic (exact) mass is 303 g/mol. The fourth-order valence-corrected chi connectivity index (χ4v) is 2.32. The van der Waals surface area contributed by atoms with Crippen LogP contribution in [0.2, 0.25) is 0 Å². The van der Waals surface area contributed by atoms with Crippen LogP contribution in [0.15, 0.2) is 48.5 Å². The standard InChI is InChI=1S/C18H19F2NO/c19-18(20)21-11-16-9-8-15(14-4-2-1-3-5-14)10-17(16)22-12-13-6-7-13/h1-5,8-10,13,18,21H,6-7,11-12H2. The molecule has 0 aromatic heterocycles. The molecule has 1 N–H and O–H groups in total. The maximum absolute atomic E-state index is 12.4. The van der Waals surface area contributed by atoms with Crippen molar-refractivity contribution in [2.24, 2.45) is 5.92 Å². The van der Waals surface area contributed by atoms with Crippen molar-refractivity contribution in [1.82, 2.24) is 5.32 Å². The number of ether oxygens (including phenoxy) is 1. The fraction of sp³-hybridized carbons (Fsp3) is 0.333. The fourth-order valence-electron chi connectivity index (χ4n) is 2.32. The van der Waals surface area contributed by atoms with E-state index in [1.165, 1.54) is 12.8 Å². The number of hydrogen-bond acceptors (Lipinski definition) is 2. The molecule has 2 nitrogen and oxygen atoms in total. The van der Waals surface area contributed by atoms with Gasteiger partial charge in [-0.1, -0.05) is 42.5 Å². The number of benzene rings is 2. The van der Waals surface area contributed by atoms with Crippen molar-refractivity contribution >= 4 is 0 Å². The normalized spacial score (nSPS) is 14.3. The summed E-state index contributed by atoms with van der Waals surface area (Å²) >= 11 is 0. The molecule has 0 aliphatic heterocycles. The molecule has 0 unspecified atom stereocenters. The van der Waals surface area contributed by atoms with Gasteiger partial charge in [-0.05, 0) is 36.0 Å². The average Bonchev–Trinajstić information content (AvgIpc) is 3.36. The van der Waals surface area contributed by atoms with Gasteiger partial charge in [-0.25, -0.2) is 0 Å². The summed E-state index contributed by atoms with van der Waals surface area (Å²) < 4.78 is 30.6. The molecule has 0 spiro atoms. The summed E-state index contributed by atoms with van der Waals surface area (Å²) in [4.78, 5) is 0. The van der Waals surface area contributed by atoms with E-state index in [1.807, 2.05) is 48.5 Å².